The number of nitrogens with zero attached hydrogens (tertiary/aromatic N) is 1. The van der Waals surface area contributed by atoms with Crippen molar-refractivity contribution in [2.45, 2.75) is 6.92 Å². The standard InChI is InChI=1S/C12H12N2OS/c1-10(15)13-8-4-6-11-5-2-3-7-12(11)14-9-16/h2-7H,8H2,1H3,(H,13,15). The molecule has 4 heteroatoms. The van der Waals surface area contributed by atoms with Crippen LogP contribution in [0.5, 0.6) is 0 Å². The molecule has 0 unspecified atom stereocenters. The summed E-state index contributed by atoms with van der Waals surface area (Å²) in [6.07, 6.45) is 3.75. The van der Waals surface area contributed by atoms with Gasteiger partial charge in [0.1, 0.15) is 0 Å². The lowest BCUT2D eigenvalue weighted by Crippen LogP contribution is -2.19. The van der Waals surface area contributed by atoms with Gasteiger partial charge in [0.25, 0.3) is 0 Å². The number of rotatable bonds is 4. The zero-order valence-corrected chi connectivity index (χ0v) is 9.75. The van der Waals surface area contributed by atoms with Crippen molar-refractivity contribution in [3.63, 3.8) is 0 Å². The largest absolute Gasteiger partial charge is 0.353 e. The van der Waals surface area contributed by atoms with Crippen molar-refractivity contribution in [3.8, 4) is 0 Å². The Bertz CT molecular complexity index is 448. The number of para-hydroxylation sites is 1. The van der Waals surface area contributed by atoms with Crippen LogP contribution >= 0.6 is 12.2 Å². The minimum atomic E-state index is -0.0464. The van der Waals surface area contributed by atoms with Gasteiger partial charge in [-0.25, -0.2) is 0 Å². The fourth-order valence-electron chi connectivity index (χ4n) is 1.17. The van der Waals surface area contributed by atoms with E-state index in [1.807, 2.05) is 36.4 Å². The zero-order valence-electron chi connectivity index (χ0n) is 8.93. The van der Waals surface area contributed by atoms with Gasteiger partial charge in [0.05, 0.1) is 10.8 Å². The number of nitrogens with one attached hydrogen (secondary N) is 1. The molecule has 3 nitrogen and oxygen atoms in total. The molecule has 0 heterocycles. The third kappa shape index (κ3) is 4.17. The number of isothiocyanates is 1. The molecule has 0 spiro atoms. The van der Waals surface area contributed by atoms with Crippen LogP contribution in [-0.2, 0) is 4.79 Å². The van der Waals surface area contributed by atoms with Crippen LogP contribution < -0.4 is 5.32 Å². The lowest BCUT2D eigenvalue weighted by Gasteiger charge is -1.98. The van der Waals surface area contributed by atoms with Crippen molar-refractivity contribution < 1.29 is 4.79 Å². The summed E-state index contributed by atoms with van der Waals surface area (Å²) in [5.74, 6) is -0.0464. The number of benzene rings is 1. The zero-order chi connectivity index (χ0) is 11.8. The van der Waals surface area contributed by atoms with Crippen LogP contribution in [0.15, 0.2) is 35.3 Å². The van der Waals surface area contributed by atoms with E-state index in [-0.39, 0.29) is 5.91 Å². The molecule has 0 aliphatic heterocycles. The van der Waals surface area contributed by atoms with Gasteiger partial charge in [0.15, 0.2) is 0 Å². The number of thiocarbonyl (C=S) groups is 1. The summed E-state index contributed by atoms with van der Waals surface area (Å²) in [6, 6.07) is 7.59. The molecule has 1 N–H and O–H groups in total. The van der Waals surface area contributed by atoms with Gasteiger partial charge in [-0.2, -0.15) is 4.99 Å². The van der Waals surface area contributed by atoms with Crippen molar-refractivity contribution in [2.24, 2.45) is 4.99 Å². The Labute approximate surface area is 99.9 Å². The van der Waals surface area contributed by atoms with Crippen LogP contribution in [0.4, 0.5) is 5.69 Å². The highest BCUT2D eigenvalue weighted by Crippen LogP contribution is 2.19. The number of hydrogen-bond acceptors (Lipinski definition) is 3. The van der Waals surface area contributed by atoms with Gasteiger partial charge in [-0.15, -0.1) is 0 Å². The molecule has 1 aromatic carbocycles. The van der Waals surface area contributed by atoms with Gasteiger partial charge in [0, 0.05) is 19.0 Å². The fraction of sp³-hybridized carbons (Fsp3) is 0.167. The summed E-state index contributed by atoms with van der Waals surface area (Å²) < 4.78 is 0. The van der Waals surface area contributed by atoms with E-state index >= 15 is 0 Å². The van der Waals surface area contributed by atoms with Crippen LogP contribution in [-0.4, -0.2) is 17.6 Å². The van der Waals surface area contributed by atoms with Crippen molar-refractivity contribution >= 4 is 35.0 Å². The molecular weight excluding hydrogens is 220 g/mol. The van der Waals surface area contributed by atoms with Crippen molar-refractivity contribution in [3.05, 3.63) is 35.9 Å². The van der Waals surface area contributed by atoms with E-state index in [4.69, 9.17) is 0 Å². The molecular formula is C12H12N2OS. The average molecular weight is 232 g/mol. The quantitative estimate of drug-likeness (QED) is 0.640. The predicted molar refractivity (Wildman–Crippen MR) is 68.8 cm³/mol. The highest BCUT2D eigenvalue weighted by atomic mass is 32.1. The molecule has 16 heavy (non-hydrogen) atoms. The SMILES string of the molecule is CC(=O)NCC=Cc1ccccc1N=C=S. The van der Waals surface area contributed by atoms with E-state index in [1.54, 1.807) is 0 Å². The van der Waals surface area contributed by atoms with Crippen LogP contribution in [0.25, 0.3) is 6.08 Å². The van der Waals surface area contributed by atoms with Crippen molar-refractivity contribution in [1.29, 1.82) is 0 Å². The summed E-state index contributed by atoms with van der Waals surface area (Å²) in [5, 5.41) is 5.01. The second kappa shape index (κ2) is 6.67. The monoisotopic (exact) mass is 232 g/mol. The summed E-state index contributed by atoms with van der Waals surface area (Å²) in [7, 11) is 0. The molecule has 0 radical (unpaired) electrons. The smallest absolute Gasteiger partial charge is 0.217 e. The summed E-state index contributed by atoms with van der Waals surface area (Å²) in [4.78, 5) is 14.6. The Balaban J connectivity index is 2.72. The van der Waals surface area contributed by atoms with Crippen LogP contribution in [0.3, 0.4) is 0 Å². The molecule has 0 atom stereocenters. The van der Waals surface area contributed by atoms with Gasteiger partial charge in [0.2, 0.25) is 5.91 Å². The molecule has 0 saturated heterocycles. The van der Waals surface area contributed by atoms with Crippen LogP contribution in [0, 0.1) is 0 Å². The van der Waals surface area contributed by atoms with Gasteiger partial charge in [-0.05, 0) is 18.3 Å². The maximum atomic E-state index is 10.6. The van der Waals surface area contributed by atoms with Crippen LogP contribution in [0.1, 0.15) is 12.5 Å². The van der Waals surface area contributed by atoms with Gasteiger partial charge in [-0.1, -0.05) is 30.4 Å². The van der Waals surface area contributed by atoms with E-state index in [9.17, 15) is 4.79 Å². The van der Waals surface area contributed by atoms with Gasteiger partial charge >= 0.3 is 0 Å². The Kier molecular flexibility index (Phi) is 5.12. The summed E-state index contributed by atoms with van der Waals surface area (Å²) in [6.45, 7) is 1.99. The molecule has 1 rings (SSSR count). The summed E-state index contributed by atoms with van der Waals surface area (Å²) >= 11 is 4.57. The number of carbonyl (C=O) groups excluding carboxylic acids is 1. The van der Waals surface area contributed by atoms with E-state index in [2.05, 4.69) is 27.7 Å². The Morgan fingerprint density at radius 1 is 1.56 bits per heavy atom. The van der Waals surface area contributed by atoms with Crippen molar-refractivity contribution in [1.82, 2.24) is 5.32 Å². The summed E-state index contributed by atoms with van der Waals surface area (Å²) in [5.41, 5.74) is 1.72. The van der Waals surface area contributed by atoms with Crippen LogP contribution in [0.2, 0.25) is 0 Å². The fourth-order valence-corrected chi connectivity index (χ4v) is 1.27. The lowest BCUT2D eigenvalue weighted by atomic mass is 10.1. The van der Waals surface area contributed by atoms with Gasteiger partial charge < -0.3 is 5.32 Å². The molecule has 0 aliphatic rings. The molecule has 1 aromatic rings. The Hall–Kier alpha value is -1.77. The van der Waals surface area contributed by atoms with E-state index < -0.39 is 0 Å². The number of hydrogen-bond donors (Lipinski definition) is 1. The first kappa shape index (κ1) is 12.3. The molecule has 0 bridgehead atoms. The maximum absolute atomic E-state index is 10.6. The van der Waals surface area contributed by atoms with E-state index in [0.29, 0.717) is 6.54 Å². The van der Waals surface area contributed by atoms with Gasteiger partial charge in [-0.3, -0.25) is 4.79 Å². The second-order valence-electron chi connectivity index (χ2n) is 3.10. The average Bonchev–Trinajstić information content (AvgIpc) is 2.26. The topological polar surface area (TPSA) is 41.5 Å². The maximum Gasteiger partial charge on any atom is 0.217 e. The number of carbonyl (C=O) groups is 1. The third-order valence-corrected chi connectivity index (χ3v) is 1.96. The Morgan fingerprint density at radius 3 is 3.00 bits per heavy atom. The first-order chi connectivity index (χ1) is 7.74. The number of aliphatic imine (C=N–C) groups is 1. The van der Waals surface area contributed by atoms with E-state index in [1.165, 1.54) is 6.92 Å². The second-order valence-corrected chi connectivity index (χ2v) is 3.28. The molecule has 0 fully saturated rings. The lowest BCUT2D eigenvalue weighted by molar-refractivity contribution is -0.118. The predicted octanol–water partition coefficient (Wildman–Crippen LogP) is 2.57. The minimum absolute atomic E-state index is 0.0464. The molecule has 0 saturated carbocycles. The highest BCUT2D eigenvalue weighted by molar-refractivity contribution is 7.78. The third-order valence-electron chi connectivity index (χ3n) is 1.87. The first-order valence-electron chi connectivity index (χ1n) is 4.82. The normalized spacial score (nSPS) is 9.81. The highest BCUT2D eigenvalue weighted by Gasteiger charge is 1.94. The minimum Gasteiger partial charge on any atom is -0.353 e. The Morgan fingerprint density at radius 2 is 2.31 bits per heavy atom. The number of amides is 1. The van der Waals surface area contributed by atoms with E-state index in [0.717, 1.165) is 11.3 Å². The first-order valence-corrected chi connectivity index (χ1v) is 5.22. The molecule has 82 valence electrons. The molecule has 1 amide bonds. The van der Waals surface area contributed by atoms with Crippen molar-refractivity contribution in [2.75, 3.05) is 6.54 Å². The molecule has 0 aromatic heterocycles. The molecule has 0 aliphatic carbocycles.